The number of carbonyl (C=O) groups is 1. The topological polar surface area (TPSA) is 93.5 Å². The molecule has 1 amide bonds. The maximum absolute atomic E-state index is 11.8. The van der Waals surface area contributed by atoms with Crippen molar-refractivity contribution in [1.82, 2.24) is 5.32 Å². The van der Waals surface area contributed by atoms with E-state index in [0.717, 1.165) is 6.07 Å². The van der Waals surface area contributed by atoms with E-state index in [1.807, 2.05) is 0 Å². The van der Waals surface area contributed by atoms with Crippen LogP contribution in [0, 0.1) is 10.1 Å². The molecule has 7 nitrogen and oxygen atoms in total. The van der Waals surface area contributed by atoms with Gasteiger partial charge in [-0.1, -0.05) is 23.2 Å². The van der Waals surface area contributed by atoms with E-state index < -0.39 is 11.0 Å². The van der Waals surface area contributed by atoms with Gasteiger partial charge in [0.25, 0.3) is 5.69 Å². The molecule has 1 aromatic rings. The van der Waals surface area contributed by atoms with Gasteiger partial charge in [-0.2, -0.15) is 0 Å². The number of nitro benzene ring substituents is 1. The number of anilines is 1. The number of carbonyl (C=O) groups excluding carboxylic acids is 1. The zero-order valence-corrected chi connectivity index (χ0v) is 13.0. The van der Waals surface area contributed by atoms with Gasteiger partial charge in [0.2, 0.25) is 5.91 Å². The third-order valence-electron chi connectivity index (χ3n) is 2.61. The third-order valence-corrected chi connectivity index (χ3v) is 3.33. The number of benzene rings is 1. The molecular formula is C12H15Cl2N3O4. The Bertz CT molecular complexity index is 539. The summed E-state index contributed by atoms with van der Waals surface area (Å²) in [6.07, 6.45) is 0. The molecule has 0 saturated heterocycles. The molecule has 0 bridgehead atoms. The Kier molecular flexibility index (Phi) is 6.67. The van der Waals surface area contributed by atoms with Gasteiger partial charge < -0.3 is 15.4 Å². The molecule has 0 aliphatic carbocycles. The zero-order chi connectivity index (χ0) is 16.0. The number of rotatable bonds is 7. The third kappa shape index (κ3) is 5.04. The molecule has 0 saturated carbocycles. The van der Waals surface area contributed by atoms with Crippen LogP contribution in [0.3, 0.4) is 0 Å². The van der Waals surface area contributed by atoms with Crippen molar-refractivity contribution in [3.63, 3.8) is 0 Å². The molecule has 1 atom stereocenters. The van der Waals surface area contributed by atoms with Gasteiger partial charge in [-0.05, 0) is 13.0 Å². The lowest BCUT2D eigenvalue weighted by atomic mass is 10.2. The van der Waals surface area contributed by atoms with Gasteiger partial charge in [-0.3, -0.25) is 14.9 Å². The Balaban J connectivity index is 2.84. The predicted octanol–water partition coefficient (Wildman–Crippen LogP) is 2.46. The Labute approximate surface area is 131 Å². The van der Waals surface area contributed by atoms with Crippen LogP contribution in [0.4, 0.5) is 11.4 Å². The number of halogens is 2. The number of nitrogens with one attached hydrogen (secondary N) is 2. The average Bonchev–Trinajstić information content (AvgIpc) is 2.42. The van der Waals surface area contributed by atoms with Crippen molar-refractivity contribution >= 4 is 40.5 Å². The van der Waals surface area contributed by atoms with Crippen molar-refractivity contribution < 1.29 is 14.5 Å². The summed E-state index contributed by atoms with van der Waals surface area (Å²) in [5.74, 6) is -0.313. The highest BCUT2D eigenvalue weighted by Crippen LogP contribution is 2.34. The van der Waals surface area contributed by atoms with Crippen molar-refractivity contribution in [1.29, 1.82) is 0 Å². The SMILES string of the molecule is COCCNC(=O)C(C)Nc1cc(Cl)c(Cl)cc1[N+](=O)[O-]. The molecule has 0 radical (unpaired) electrons. The Morgan fingerprint density at radius 1 is 1.43 bits per heavy atom. The first-order chi connectivity index (χ1) is 9.86. The Morgan fingerprint density at radius 2 is 2.05 bits per heavy atom. The van der Waals surface area contributed by atoms with Crippen molar-refractivity contribution in [3.05, 3.63) is 32.3 Å². The summed E-state index contributed by atoms with van der Waals surface area (Å²) in [6, 6.07) is 1.78. The van der Waals surface area contributed by atoms with Gasteiger partial charge in [0.1, 0.15) is 11.7 Å². The van der Waals surface area contributed by atoms with E-state index in [-0.39, 0.29) is 27.3 Å². The first-order valence-corrected chi connectivity index (χ1v) is 6.79. The van der Waals surface area contributed by atoms with E-state index in [9.17, 15) is 14.9 Å². The standard InChI is InChI=1S/C12H15Cl2N3O4/c1-7(12(18)15-3-4-21-2)16-10-5-8(13)9(14)6-11(10)17(19)20/h5-7,16H,3-4H2,1-2H3,(H,15,18). The maximum Gasteiger partial charge on any atom is 0.293 e. The molecule has 0 spiro atoms. The first-order valence-electron chi connectivity index (χ1n) is 6.03. The molecule has 9 heteroatoms. The predicted molar refractivity (Wildman–Crippen MR) is 81.1 cm³/mol. The fourth-order valence-electron chi connectivity index (χ4n) is 1.53. The minimum Gasteiger partial charge on any atom is -0.383 e. The van der Waals surface area contributed by atoms with Crippen molar-refractivity contribution in [3.8, 4) is 0 Å². The molecule has 1 rings (SSSR count). The molecule has 0 aliphatic rings. The first kappa shape index (κ1) is 17.5. The van der Waals surface area contributed by atoms with Crippen LogP contribution in [-0.4, -0.2) is 37.1 Å². The highest BCUT2D eigenvalue weighted by molar-refractivity contribution is 6.42. The summed E-state index contributed by atoms with van der Waals surface area (Å²) < 4.78 is 4.81. The van der Waals surface area contributed by atoms with Crippen LogP contribution in [0.25, 0.3) is 0 Å². The van der Waals surface area contributed by atoms with Crippen LogP contribution in [-0.2, 0) is 9.53 Å². The van der Waals surface area contributed by atoms with E-state index in [0.29, 0.717) is 13.2 Å². The van der Waals surface area contributed by atoms with Crippen LogP contribution in [0.1, 0.15) is 6.92 Å². The summed E-state index contributed by atoms with van der Waals surface area (Å²) in [6.45, 7) is 2.31. The minimum atomic E-state index is -0.683. The largest absolute Gasteiger partial charge is 0.383 e. The molecule has 116 valence electrons. The van der Waals surface area contributed by atoms with E-state index in [1.54, 1.807) is 6.92 Å². The lowest BCUT2D eigenvalue weighted by Gasteiger charge is -2.15. The number of hydrogen-bond donors (Lipinski definition) is 2. The number of hydrogen-bond acceptors (Lipinski definition) is 5. The second kappa shape index (κ2) is 8.02. The maximum atomic E-state index is 11.8. The van der Waals surface area contributed by atoms with Gasteiger partial charge in [-0.15, -0.1) is 0 Å². The van der Waals surface area contributed by atoms with Gasteiger partial charge >= 0.3 is 0 Å². The fourth-order valence-corrected chi connectivity index (χ4v) is 1.85. The van der Waals surface area contributed by atoms with Crippen LogP contribution in [0.15, 0.2) is 12.1 Å². The normalized spacial score (nSPS) is 11.8. The van der Waals surface area contributed by atoms with Gasteiger partial charge in [0.15, 0.2) is 0 Å². The van der Waals surface area contributed by atoms with E-state index in [4.69, 9.17) is 27.9 Å². The highest BCUT2D eigenvalue weighted by Gasteiger charge is 2.21. The quantitative estimate of drug-likeness (QED) is 0.453. The van der Waals surface area contributed by atoms with Crippen molar-refractivity contribution in [2.45, 2.75) is 13.0 Å². The van der Waals surface area contributed by atoms with Gasteiger partial charge in [0, 0.05) is 19.7 Å². The van der Waals surface area contributed by atoms with E-state index >= 15 is 0 Å². The molecule has 1 unspecified atom stereocenters. The summed E-state index contributed by atoms with van der Waals surface area (Å²) >= 11 is 11.6. The minimum absolute atomic E-state index is 0.0751. The second-order valence-corrected chi connectivity index (χ2v) is 5.00. The lowest BCUT2D eigenvalue weighted by Crippen LogP contribution is -2.39. The molecule has 0 aromatic heterocycles. The smallest absolute Gasteiger partial charge is 0.293 e. The van der Waals surface area contributed by atoms with Gasteiger partial charge in [-0.25, -0.2) is 0 Å². The number of ether oxygens (including phenoxy) is 1. The second-order valence-electron chi connectivity index (χ2n) is 4.19. The summed E-state index contributed by atoms with van der Waals surface area (Å²) in [5, 5.41) is 16.6. The van der Waals surface area contributed by atoms with Crippen LogP contribution in [0.5, 0.6) is 0 Å². The van der Waals surface area contributed by atoms with E-state index in [2.05, 4.69) is 10.6 Å². The monoisotopic (exact) mass is 335 g/mol. The van der Waals surface area contributed by atoms with E-state index in [1.165, 1.54) is 13.2 Å². The highest BCUT2D eigenvalue weighted by atomic mass is 35.5. The molecule has 0 heterocycles. The molecule has 2 N–H and O–H groups in total. The molecular weight excluding hydrogens is 321 g/mol. The van der Waals surface area contributed by atoms with Crippen molar-refractivity contribution in [2.24, 2.45) is 0 Å². The summed E-state index contributed by atoms with van der Waals surface area (Å²) in [7, 11) is 1.52. The van der Waals surface area contributed by atoms with Crippen LogP contribution in [0.2, 0.25) is 10.0 Å². The molecule has 1 aromatic carbocycles. The summed E-state index contributed by atoms with van der Waals surface area (Å²) in [5.41, 5.74) is -0.121. The Hall–Kier alpha value is -1.57. The summed E-state index contributed by atoms with van der Waals surface area (Å²) in [4.78, 5) is 22.2. The van der Waals surface area contributed by atoms with Crippen molar-refractivity contribution in [2.75, 3.05) is 25.6 Å². The van der Waals surface area contributed by atoms with Crippen LogP contribution < -0.4 is 10.6 Å². The number of nitrogens with zero attached hydrogens (tertiary/aromatic N) is 1. The lowest BCUT2D eigenvalue weighted by molar-refractivity contribution is -0.384. The molecule has 21 heavy (non-hydrogen) atoms. The van der Waals surface area contributed by atoms with Gasteiger partial charge in [0.05, 0.1) is 21.6 Å². The average molecular weight is 336 g/mol. The Morgan fingerprint density at radius 3 is 2.62 bits per heavy atom. The van der Waals surface area contributed by atoms with Crippen LogP contribution >= 0.6 is 23.2 Å². The zero-order valence-electron chi connectivity index (χ0n) is 11.5. The number of methoxy groups -OCH3 is 1. The molecule has 0 aliphatic heterocycles. The molecule has 0 fully saturated rings. The number of amides is 1. The fraction of sp³-hybridized carbons (Fsp3) is 0.417. The number of nitro groups is 1.